The minimum Gasteiger partial charge on any atom is -0.336 e. The first kappa shape index (κ1) is 16.1. The van der Waals surface area contributed by atoms with E-state index in [0.717, 1.165) is 48.9 Å². The average Bonchev–Trinajstić information content (AvgIpc) is 3.25. The van der Waals surface area contributed by atoms with Gasteiger partial charge in [-0.3, -0.25) is 4.79 Å². The minimum absolute atomic E-state index is 0.0104. The van der Waals surface area contributed by atoms with Gasteiger partial charge in [-0.1, -0.05) is 24.3 Å². The molecule has 0 aliphatic carbocycles. The van der Waals surface area contributed by atoms with Crippen LogP contribution < -0.4 is 5.32 Å². The highest BCUT2D eigenvalue weighted by molar-refractivity contribution is 7.13. The highest BCUT2D eigenvalue weighted by Crippen LogP contribution is 2.28. The second kappa shape index (κ2) is 7.21. The van der Waals surface area contributed by atoms with Crippen LogP contribution in [0.25, 0.3) is 16.3 Å². The molecule has 1 aliphatic rings. The van der Waals surface area contributed by atoms with E-state index < -0.39 is 0 Å². The van der Waals surface area contributed by atoms with Crippen LogP contribution in [-0.4, -0.2) is 46.8 Å². The van der Waals surface area contributed by atoms with E-state index in [-0.39, 0.29) is 5.91 Å². The van der Waals surface area contributed by atoms with E-state index in [1.165, 1.54) is 0 Å². The first-order valence-electron chi connectivity index (χ1n) is 8.52. The predicted octanol–water partition coefficient (Wildman–Crippen LogP) is 3.04. The van der Waals surface area contributed by atoms with E-state index in [0.29, 0.717) is 5.69 Å². The molecule has 0 unspecified atom stereocenters. The summed E-state index contributed by atoms with van der Waals surface area (Å²) >= 11 is 1.65. The summed E-state index contributed by atoms with van der Waals surface area (Å²) in [6.45, 7) is 3.30. The van der Waals surface area contributed by atoms with E-state index in [1.807, 2.05) is 57.4 Å². The van der Waals surface area contributed by atoms with Gasteiger partial charge < -0.3 is 10.2 Å². The van der Waals surface area contributed by atoms with Crippen LogP contribution in [0.5, 0.6) is 0 Å². The lowest BCUT2D eigenvalue weighted by Gasteiger charge is -2.18. The second-order valence-corrected chi connectivity index (χ2v) is 6.98. The predicted molar refractivity (Wildman–Crippen MR) is 100 cm³/mol. The number of hydrogen-bond acceptors (Lipinski definition) is 4. The fraction of sp³-hybridized carbons (Fsp3) is 0.263. The smallest absolute Gasteiger partial charge is 0.274 e. The van der Waals surface area contributed by atoms with E-state index >= 15 is 0 Å². The average molecular weight is 352 g/mol. The summed E-state index contributed by atoms with van der Waals surface area (Å²) in [6.07, 6.45) is 0.975. The van der Waals surface area contributed by atoms with Gasteiger partial charge in [-0.15, -0.1) is 11.3 Å². The Hall–Kier alpha value is -2.44. The molecule has 1 fully saturated rings. The van der Waals surface area contributed by atoms with E-state index in [1.54, 1.807) is 11.3 Å². The van der Waals surface area contributed by atoms with Gasteiger partial charge in [0.05, 0.1) is 16.3 Å². The first-order valence-corrected chi connectivity index (χ1v) is 9.40. The third-order valence-corrected chi connectivity index (χ3v) is 5.22. The number of benzene rings is 1. The molecule has 0 spiro atoms. The van der Waals surface area contributed by atoms with E-state index in [4.69, 9.17) is 0 Å². The summed E-state index contributed by atoms with van der Waals surface area (Å²) in [5.41, 5.74) is 2.43. The number of carbonyl (C=O) groups excluding carboxylic acids is 1. The molecule has 1 aliphatic heterocycles. The molecule has 3 aromatic rings. The number of amides is 1. The maximum Gasteiger partial charge on any atom is 0.274 e. The summed E-state index contributed by atoms with van der Waals surface area (Å²) in [7, 11) is 0. The number of carbonyl (C=O) groups is 1. The van der Waals surface area contributed by atoms with E-state index in [2.05, 4.69) is 16.5 Å². The molecule has 3 heterocycles. The Labute approximate surface area is 150 Å². The van der Waals surface area contributed by atoms with Gasteiger partial charge in [-0.2, -0.15) is 5.10 Å². The molecular formula is C19H20N4OS. The molecule has 0 radical (unpaired) electrons. The van der Waals surface area contributed by atoms with Crippen LogP contribution in [0, 0.1) is 0 Å². The number of aromatic nitrogens is 2. The third kappa shape index (κ3) is 3.36. The second-order valence-electron chi connectivity index (χ2n) is 6.04. The molecule has 1 N–H and O–H groups in total. The third-order valence-electron chi connectivity index (χ3n) is 4.33. The van der Waals surface area contributed by atoms with Crippen molar-refractivity contribution in [1.82, 2.24) is 20.0 Å². The lowest BCUT2D eigenvalue weighted by molar-refractivity contribution is 0.0760. The first-order chi connectivity index (χ1) is 12.3. The van der Waals surface area contributed by atoms with Gasteiger partial charge in [0.1, 0.15) is 0 Å². The Morgan fingerprint density at radius 1 is 1.08 bits per heavy atom. The molecule has 1 amide bonds. The van der Waals surface area contributed by atoms with Crippen LogP contribution in [0.15, 0.2) is 53.9 Å². The zero-order chi connectivity index (χ0) is 17.1. The lowest BCUT2D eigenvalue weighted by atomic mass is 10.2. The normalized spacial score (nSPS) is 15.1. The summed E-state index contributed by atoms with van der Waals surface area (Å²) in [4.78, 5) is 15.9. The van der Waals surface area contributed by atoms with Crippen molar-refractivity contribution in [3.63, 3.8) is 0 Å². The maximum absolute atomic E-state index is 12.9. The van der Waals surface area contributed by atoms with Gasteiger partial charge in [0.25, 0.3) is 5.91 Å². The van der Waals surface area contributed by atoms with Crippen molar-refractivity contribution in [3.8, 4) is 16.3 Å². The lowest BCUT2D eigenvalue weighted by Crippen LogP contribution is -2.34. The SMILES string of the molecule is O=C(c1cc(-c2cccs2)n(-c2ccccc2)n1)N1CCCNCC1. The molecule has 128 valence electrons. The van der Waals surface area contributed by atoms with Crippen LogP contribution in [0.1, 0.15) is 16.9 Å². The van der Waals surface area contributed by atoms with Crippen molar-refractivity contribution < 1.29 is 4.79 Å². The molecule has 0 saturated carbocycles. The quantitative estimate of drug-likeness (QED) is 0.788. The Morgan fingerprint density at radius 2 is 1.96 bits per heavy atom. The van der Waals surface area contributed by atoms with Crippen molar-refractivity contribution in [1.29, 1.82) is 0 Å². The van der Waals surface area contributed by atoms with Crippen molar-refractivity contribution in [2.75, 3.05) is 26.2 Å². The Kier molecular flexibility index (Phi) is 4.63. The number of nitrogens with one attached hydrogen (secondary N) is 1. The Balaban J connectivity index is 1.73. The topological polar surface area (TPSA) is 50.2 Å². The van der Waals surface area contributed by atoms with Crippen molar-refractivity contribution in [2.24, 2.45) is 0 Å². The van der Waals surface area contributed by atoms with Crippen LogP contribution in [0.3, 0.4) is 0 Å². The highest BCUT2D eigenvalue weighted by atomic mass is 32.1. The summed E-state index contributed by atoms with van der Waals surface area (Å²) in [6, 6.07) is 16.0. The molecule has 25 heavy (non-hydrogen) atoms. The van der Waals surface area contributed by atoms with Gasteiger partial charge in [-0.25, -0.2) is 4.68 Å². The van der Waals surface area contributed by atoms with Gasteiger partial charge in [0.2, 0.25) is 0 Å². The molecular weight excluding hydrogens is 332 g/mol. The van der Waals surface area contributed by atoms with Crippen LogP contribution in [0.2, 0.25) is 0 Å². The standard InChI is InChI=1S/C19H20N4OS/c24-19(22-11-5-9-20-10-12-22)16-14-17(18-8-4-13-25-18)23(21-16)15-6-2-1-3-7-15/h1-4,6-8,13-14,20H,5,9-12H2. The van der Waals surface area contributed by atoms with Crippen LogP contribution in [0.4, 0.5) is 0 Å². The number of thiophene rings is 1. The monoisotopic (exact) mass is 352 g/mol. The van der Waals surface area contributed by atoms with Crippen LogP contribution >= 0.6 is 11.3 Å². The Morgan fingerprint density at radius 3 is 2.76 bits per heavy atom. The zero-order valence-electron chi connectivity index (χ0n) is 13.9. The largest absolute Gasteiger partial charge is 0.336 e. The Bertz CT molecular complexity index is 834. The zero-order valence-corrected chi connectivity index (χ0v) is 14.7. The van der Waals surface area contributed by atoms with Crippen molar-refractivity contribution in [2.45, 2.75) is 6.42 Å². The highest BCUT2D eigenvalue weighted by Gasteiger charge is 2.22. The number of nitrogens with zero attached hydrogens (tertiary/aromatic N) is 3. The molecule has 4 rings (SSSR count). The molecule has 0 bridgehead atoms. The van der Waals surface area contributed by atoms with Crippen molar-refractivity contribution in [3.05, 3.63) is 59.6 Å². The molecule has 5 nitrogen and oxygen atoms in total. The van der Waals surface area contributed by atoms with Gasteiger partial charge in [0.15, 0.2) is 5.69 Å². The van der Waals surface area contributed by atoms with Crippen molar-refractivity contribution >= 4 is 17.2 Å². The van der Waals surface area contributed by atoms with Gasteiger partial charge in [0, 0.05) is 19.6 Å². The molecule has 0 atom stereocenters. The van der Waals surface area contributed by atoms with Crippen LogP contribution in [-0.2, 0) is 0 Å². The molecule has 1 aromatic carbocycles. The van der Waals surface area contributed by atoms with Gasteiger partial charge in [-0.05, 0) is 42.6 Å². The molecule has 2 aromatic heterocycles. The van der Waals surface area contributed by atoms with Gasteiger partial charge >= 0.3 is 0 Å². The minimum atomic E-state index is 0.0104. The number of hydrogen-bond donors (Lipinski definition) is 1. The summed E-state index contributed by atoms with van der Waals surface area (Å²) < 4.78 is 1.87. The molecule has 6 heteroatoms. The number of rotatable bonds is 3. The fourth-order valence-corrected chi connectivity index (χ4v) is 3.79. The fourth-order valence-electron chi connectivity index (χ4n) is 3.06. The maximum atomic E-state index is 12.9. The summed E-state index contributed by atoms with van der Waals surface area (Å²) in [5.74, 6) is 0.0104. The summed E-state index contributed by atoms with van der Waals surface area (Å²) in [5, 5.41) is 10.0. The molecule has 1 saturated heterocycles. The number of para-hydroxylation sites is 1. The van der Waals surface area contributed by atoms with E-state index in [9.17, 15) is 4.79 Å².